The molecule has 1 amide bonds. The molecule has 0 aromatic heterocycles. The van der Waals surface area contributed by atoms with Crippen LogP contribution in [0.4, 0.5) is 0 Å². The Morgan fingerprint density at radius 1 is 1.19 bits per heavy atom. The average molecular weight is 377 g/mol. The Hall–Kier alpha value is -2.12. The quantitative estimate of drug-likeness (QED) is 0.622. The summed E-state index contributed by atoms with van der Waals surface area (Å²) in [5, 5.41) is 8.89. The van der Waals surface area contributed by atoms with E-state index in [1.807, 2.05) is 49.3 Å². The highest BCUT2D eigenvalue weighted by Crippen LogP contribution is 2.15. The number of ether oxygens (including phenoxy) is 1. The first-order chi connectivity index (χ1) is 13.0. The third-order valence-electron chi connectivity index (χ3n) is 5.00. The Balaban J connectivity index is 1.61. The van der Waals surface area contributed by atoms with Gasteiger partial charge in [-0.05, 0) is 38.4 Å². The van der Waals surface area contributed by atoms with Gasteiger partial charge in [0.25, 0.3) is 0 Å². The Bertz CT molecular complexity index is 588. The molecule has 7 nitrogen and oxygen atoms in total. The van der Waals surface area contributed by atoms with Crippen LogP contribution in [0.1, 0.15) is 19.3 Å². The van der Waals surface area contributed by atoms with Crippen molar-refractivity contribution in [1.82, 2.24) is 14.7 Å². The van der Waals surface area contributed by atoms with E-state index in [9.17, 15) is 9.59 Å². The molecule has 7 heteroatoms. The number of hydrogen-bond donors (Lipinski definition) is 1. The second-order valence-electron chi connectivity index (χ2n) is 7.15. The molecule has 27 heavy (non-hydrogen) atoms. The van der Waals surface area contributed by atoms with Crippen LogP contribution in [0.2, 0.25) is 0 Å². The molecule has 1 aliphatic heterocycles. The lowest BCUT2D eigenvalue weighted by Gasteiger charge is -2.36. The molecule has 1 aromatic rings. The number of nitrogens with zero attached hydrogens (tertiary/aromatic N) is 3. The fourth-order valence-electron chi connectivity index (χ4n) is 3.31. The minimum atomic E-state index is -0.798. The Labute approximate surface area is 161 Å². The topological polar surface area (TPSA) is 73.3 Å². The average Bonchev–Trinajstić information content (AvgIpc) is 2.66. The second-order valence-corrected chi connectivity index (χ2v) is 7.15. The van der Waals surface area contributed by atoms with E-state index in [1.165, 1.54) is 0 Å². The molecule has 1 N–H and O–H groups in total. The van der Waals surface area contributed by atoms with E-state index in [2.05, 4.69) is 4.90 Å². The number of piperidine rings is 1. The first-order valence-electron chi connectivity index (χ1n) is 9.52. The summed E-state index contributed by atoms with van der Waals surface area (Å²) in [6.45, 7) is 3.39. The van der Waals surface area contributed by atoms with Crippen molar-refractivity contribution in [2.24, 2.45) is 0 Å². The maximum Gasteiger partial charge on any atom is 0.317 e. The monoisotopic (exact) mass is 377 g/mol. The number of carboxylic acids is 1. The van der Waals surface area contributed by atoms with Gasteiger partial charge in [-0.1, -0.05) is 18.2 Å². The van der Waals surface area contributed by atoms with Gasteiger partial charge >= 0.3 is 5.97 Å². The van der Waals surface area contributed by atoms with Gasteiger partial charge in [0.1, 0.15) is 5.75 Å². The lowest BCUT2D eigenvalue weighted by molar-refractivity contribution is -0.138. The summed E-state index contributed by atoms with van der Waals surface area (Å²) in [6.07, 6.45) is 2.58. The molecule has 0 aliphatic carbocycles. The Kier molecular flexibility index (Phi) is 8.54. The van der Waals surface area contributed by atoms with Gasteiger partial charge in [0.05, 0.1) is 19.7 Å². The molecule has 0 atom stereocenters. The third kappa shape index (κ3) is 7.56. The molecule has 0 bridgehead atoms. The van der Waals surface area contributed by atoms with Crippen LogP contribution in [0.15, 0.2) is 30.3 Å². The molecule has 2 rings (SSSR count). The minimum Gasteiger partial charge on any atom is -0.494 e. The van der Waals surface area contributed by atoms with Gasteiger partial charge in [0, 0.05) is 32.7 Å². The molecule has 1 heterocycles. The summed E-state index contributed by atoms with van der Waals surface area (Å²) < 4.78 is 5.65. The molecule has 1 aliphatic rings. The first kappa shape index (κ1) is 21.2. The standard InChI is InChI=1S/C20H31N3O4/c1-21(11-6-14-27-18-7-4-3-5-8-18)19(24)15-23-12-9-17(10-13-23)22(2)16-20(25)26/h3-5,7-8,17H,6,9-16H2,1-2H3,(H,25,26). The summed E-state index contributed by atoms with van der Waals surface area (Å²) in [5.41, 5.74) is 0. The van der Waals surface area contributed by atoms with Crippen molar-refractivity contribution in [3.63, 3.8) is 0 Å². The minimum absolute atomic E-state index is 0.0669. The van der Waals surface area contributed by atoms with Crippen LogP contribution in [0, 0.1) is 0 Å². The van der Waals surface area contributed by atoms with Crippen molar-refractivity contribution in [2.75, 3.05) is 53.4 Å². The molecule has 0 unspecified atom stereocenters. The van der Waals surface area contributed by atoms with Gasteiger partial charge in [-0.2, -0.15) is 0 Å². The van der Waals surface area contributed by atoms with Crippen LogP contribution < -0.4 is 4.74 Å². The zero-order chi connectivity index (χ0) is 19.6. The SMILES string of the molecule is CN(CCCOc1ccccc1)C(=O)CN1CCC(N(C)CC(=O)O)CC1. The second kappa shape index (κ2) is 10.9. The van der Waals surface area contributed by atoms with Crippen LogP contribution in [0.5, 0.6) is 5.75 Å². The van der Waals surface area contributed by atoms with Gasteiger partial charge in [0.2, 0.25) is 5.91 Å². The predicted octanol–water partition coefficient (Wildman–Crippen LogP) is 1.39. The van der Waals surface area contributed by atoms with Crippen LogP contribution >= 0.6 is 0 Å². The number of carboxylic acid groups (broad SMARTS) is 1. The number of likely N-dealkylation sites (N-methyl/N-ethyl adjacent to an activating group) is 2. The zero-order valence-corrected chi connectivity index (χ0v) is 16.3. The van der Waals surface area contributed by atoms with Crippen molar-refractivity contribution in [1.29, 1.82) is 0 Å². The molecular formula is C20H31N3O4. The summed E-state index contributed by atoms with van der Waals surface area (Å²) >= 11 is 0. The molecule has 0 radical (unpaired) electrons. The molecule has 150 valence electrons. The number of carbonyl (C=O) groups is 2. The van der Waals surface area contributed by atoms with Crippen molar-refractivity contribution in [3.8, 4) is 5.75 Å². The predicted molar refractivity (Wildman–Crippen MR) is 104 cm³/mol. The van der Waals surface area contributed by atoms with Crippen molar-refractivity contribution >= 4 is 11.9 Å². The fourth-order valence-corrected chi connectivity index (χ4v) is 3.31. The number of hydrogen-bond acceptors (Lipinski definition) is 5. The van der Waals surface area contributed by atoms with Crippen LogP contribution in [-0.2, 0) is 9.59 Å². The lowest BCUT2D eigenvalue weighted by atomic mass is 10.0. The van der Waals surface area contributed by atoms with E-state index in [1.54, 1.807) is 4.90 Å². The van der Waals surface area contributed by atoms with E-state index in [4.69, 9.17) is 9.84 Å². The normalized spacial score (nSPS) is 15.7. The number of aliphatic carboxylic acids is 1. The van der Waals surface area contributed by atoms with Crippen molar-refractivity contribution in [3.05, 3.63) is 30.3 Å². The van der Waals surface area contributed by atoms with Gasteiger partial charge in [0.15, 0.2) is 0 Å². The van der Waals surface area contributed by atoms with Gasteiger partial charge in [-0.3, -0.25) is 19.4 Å². The molecular weight excluding hydrogens is 346 g/mol. The van der Waals surface area contributed by atoms with E-state index >= 15 is 0 Å². The van der Waals surface area contributed by atoms with Gasteiger partial charge in [-0.25, -0.2) is 0 Å². The highest BCUT2D eigenvalue weighted by atomic mass is 16.5. The number of carbonyl (C=O) groups excluding carboxylic acids is 1. The van der Waals surface area contributed by atoms with E-state index in [0.717, 1.165) is 38.1 Å². The molecule has 1 aromatic carbocycles. The summed E-state index contributed by atoms with van der Waals surface area (Å²) in [5.74, 6) is 0.169. The van der Waals surface area contributed by atoms with Crippen LogP contribution in [0.3, 0.4) is 0 Å². The number of likely N-dealkylation sites (tertiary alicyclic amines) is 1. The molecule has 0 spiro atoms. The summed E-state index contributed by atoms with van der Waals surface area (Å²) in [6, 6.07) is 9.95. The van der Waals surface area contributed by atoms with Crippen molar-refractivity contribution in [2.45, 2.75) is 25.3 Å². The third-order valence-corrected chi connectivity index (χ3v) is 5.00. The highest BCUT2D eigenvalue weighted by molar-refractivity contribution is 5.78. The van der Waals surface area contributed by atoms with E-state index in [0.29, 0.717) is 19.7 Å². The maximum absolute atomic E-state index is 12.4. The number of rotatable bonds is 10. The zero-order valence-electron chi connectivity index (χ0n) is 16.3. The fraction of sp³-hybridized carbons (Fsp3) is 0.600. The number of benzene rings is 1. The smallest absolute Gasteiger partial charge is 0.317 e. The number of amides is 1. The molecule has 1 fully saturated rings. The first-order valence-corrected chi connectivity index (χ1v) is 9.52. The Morgan fingerprint density at radius 2 is 1.85 bits per heavy atom. The highest BCUT2D eigenvalue weighted by Gasteiger charge is 2.25. The maximum atomic E-state index is 12.4. The van der Waals surface area contributed by atoms with E-state index in [-0.39, 0.29) is 18.5 Å². The van der Waals surface area contributed by atoms with Gasteiger partial charge < -0.3 is 14.7 Å². The largest absolute Gasteiger partial charge is 0.494 e. The van der Waals surface area contributed by atoms with Crippen LogP contribution in [0.25, 0.3) is 0 Å². The Morgan fingerprint density at radius 3 is 2.48 bits per heavy atom. The summed E-state index contributed by atoms with van der Waals surface area (Å²) in [4.78, 5) is 29.0. The molecule has 1 saturated heterocycles. The van der Waals surface area contributed by atoms with E-state index < -0.39 is 5.97 Å². The number of para-hydroxylation sites is 1. The van der Waals surface area contributed by atoms with Crippen LogP contribution in [-0.4, -0.2) is 91.2 Å². The summed E-state index contributed by atoms with van der Waals surface area (Å²) in [7, 11) is 3.68. The lowest BCUT2D eigenvalue weighted by Crippen LogP contribution is -2.47. The molecule has 0 saturated carbocycles. The van der Waals surface area contributed by atoms with Gasteiger partial charge in [-0.15, -0.1) is 0 Å². The van der Waals surface area contributed by atoms with Crippen molar-refractivity contribution < 1.29 is 19.4 Å².